The average molecular weight is 421 g/mol. The van der Waals surface area contributed by atoms with E-state index in [0.29, 0.717) is 28.8 Å². The van der Waals surface area contributed by atoms with Crippen LogP contribution < -0.4 is 14.8 Å². The molecule has 0 fully saturated rings. The van der Waals surface area contributed by atoms with E-state index in [9.17, 15) is 4.79 Å². The van der Waals surface area contributed by atoms with Gasteiger partial charge in [-0.3, -0.25) is 10.1 Å². The van der Waals surface area contributed by atoms with Crippen molar-refractivity contribution in [1.29, 1.82) is 0 Å². The van der Waals surface area contributed by atoms with Crippen LogP contribution in [0.25, 0.3) is 11.3 Å². The number of benzene rings is 1. The van der Waals surface area contributed by atoms with Crippen LogP contribution in [0.1, 0.15) is 16.1 Å². The zero-order valence-corrected chi connectivity index (χ0v) is 15.6. The second-order valence-electron chi connectivity index (χ2n) is 5.41. The molecule has 0 radical (unpaired) electrons. The lowest BCUT2D eigenvalue weighted by Gasteiger charge is -2.18. The van der Waals surface area contributed by atoms with E-state index >= 15 is 0 Å². The van der Waals surface area contributed by atoms with Gasteiger partial charge in [0, 0.05) is 16.5 Å². The minimum absolute atomic E-state index is 0.267. The van der Waals surface area contributed by atoms with Gasteiger partial charge < -0.3 is 13.9 Å². The molecule has 3 aromatic rings. The molecule has 2 aromatic heterocycles. The van der Waals surface area contributed by atoms with Gasteiger partial charge in [-0.05, 0) is 47.1 Å². The first-order chi connectivity index (χ1) is 12.1. The van der Waals surface area contributed by atoms with Gasteiger partial charge in [0.2, 0.25) is 0 Å². The molecule has 25 heavy (non-hydrogen) atoms. The maximum absolute atomic E-state index is 12.3. The highest BCUT2D eigenvalue weighted by molar-refractivity contribution is 9.10. The van der Waals surface area contributed by atoms with Crippen molar-refractivity contribution in [3.05, 3.63) is 45.6 Å². The minimum atomic E-state index is -0.328. The van der Waals surface area contributed by atoms with Crippen LogP contribution in [0.2, 0.25) is 0 Å². The predicted octanol–water partition coefficient (Wildman–Crippen LogP) is 4.50. The zero-order chi connectivity index (χ0) is 17.4. The van der Waals surface area contributed by atoms with Crippen molar-refractivity contribution >= 4 is 38.3 Å². The molecule has 0 unspecified atom stereocenters. The number of amides is 1. The number of ether oxygens (including phenoxy) is 2. The standard InChI is InChI=1S/C17H13BrN2O4S/c1-9-6-14(18)24-15(9)16(21)20-17-19-11(8-25-17)10-2-3-12-13(7-10)23-5-4-22-12/h2-3,6-8H,4-5H2,1H3,(H,19,20,21). The summed E-state index contributed by atoms with van der Waals surface area (Å²) < 4.78 is 17.0. The number of anilines is 1. The Hall–Kier alpha value is -2.32. The first kappa shape index (κ1) is 16.2. The summed E-state index contributed by atoms with van der Waals surface area (Å²) >= 11 is 4.57. The molecule has 6 nitrogen and oxygen atoms in total. The summed E-state index contributed by atoms with van der Waals surface area (Å²) in [5.74, 6) is 1.38. The summed E-state index contributed by atoms with van der Waals surface area (Å²) in [5, 5.41) is 5.15. The Morgan fingerprint density at radius 3 is 2.80 bits per heavy atom. The molecule has 0 spiro atoms. The molecule has 0 bridgehead atoms. The van der Waals surface area contributed by atoms with E-state index in [-0.39, 0.29) is 11.7 Å². The molecule has 4 rings (SSSR count). The molecule has 3 heterocycles. The number of nitrogens with zero attached hydrogens (tertiary/aromatic N) is 1. The molecule has 0 aliphatic carbocycles. The number of hydrogen-bond donors (Lipinski definition) is 1. The molecular weight excluding hydrogens is 408 g/mol. The fraction of sp³-hybridized carbons (Fsp3) is 0.176. The molecule has 0 saturated carbocycles. The van der Waals surface area contributed by atoms with E-state index in [2.05, 4.69) is 26.2 Å². The summed E-state index contributed by atoms with van der Waals surface area (Å²) in [5.41, 5.74) is 2.42. The Balaban J connectivity index is 1.54. The van der Waals surface area contributed by atoms with Crippen LogP contribution >= 0.6 is 27.3 Å². The van der Waals surface area contributed by atoms with E-state index in [1.165, 1.54) is 11.3 Å². The number of halogens is 1. The molecule has 1 aliphatic heterocycles. The van der Waals surface area contributed by atoms with Crippen LogP contribution in [0.15, 0.2) is 38.7 Å². The van der Waals surface area contributed by atoms with Crippen molar-refractivity contribution in [1.82, 2.24) is 4.98 Å². The molecule has 0 atom stereocenters. The molecule has 8 heteroatoms. The minimum Gasteiger partial charge on any atom is -0.486 e. The normalized spacial score (nSPS) is 12.9. The Kier molecular flexibility index (Phi) is 4.22. The predicted molar refractivity (Wildman–Crippen MR) is 97.6 cm³/mol. The third-order valence-corrected chi connectivity index (χ3v) is 4.81. The van der Waals surface area contributed by atoms with E-state index in [4.69, 9.17) is 13.9 Å². The van der Waals surface area contributed by atoms with Crippen molar-refractivity contribution in [3.63, 3.8) is 0 Å². The topological polar surface area (TPSA) is 73.6 Å². The van der Waals surface area contributed by atoms with E-state index in [1.807, 2.05) is 30.5 Å². The Morgan fingerprint density at radius 1 is 1.24 bits per heavy atom. The molecule has 0 saturated heterocycles. The number of fused-ring (bicyclic) bond motifs is 1. The van der Waals surface area contributed by atoms with Gasteiger partial charge in [-0.25, -0.2) is 4.98 Å². The maximum atomic E-state index is 12.3. The van der Waals surface area contributed by atoms with E-state index in [1.54, 1.807) is 6.07 Å². The summed E-state index contributed by atoms with van der Waals surface area (Å²) in [4.78, 5) is 16.8. The van der Waals surface area contributed by atoms with Crippen molar-refractivity contribution in [2.75, 3.05) is 18.5 Å². The van der Waals surface area contributed by atoms with Crippen LogP contribution in [-0.2, 0) is 0 Å². The highest BCUT2D eigenvalue weighted by Gasteiger charge is 2.18. The molecule has 1 N–H and O–H groups in total. The van der Waals surface area contributed by atoms with Gasteiger partial charge in [-0.2, -0.15) is 0 Å². The molecular formula is C17H13BrN2O4S. The number of nitrogens with one attached hydrogen (secondary N) is 1. The number of carbonyl (C=O) groups is 1. The van der Waals surface area contributed by atoms with Gasteiger partial charge in [-0.1, -0.05) is 0 Å². The highest BCUT2D eigenvalue weighted by atomic mass is 79.9. The zero-order valence-electron chi connectivity index (χ0n) is 13.2. The van der Waals surface area contributed by atoms with Crippen molar-refractivity contribution in [2.24, 2.45) is 0 Å². The van der Waals surface area contributed by atoms with Crippen LogP contribution in [0.3, 0.4) is 0 Å². The lowest BCUT2D eigenvalue weighted by Crippen LogP contribution is -2.15. The van der Waals surface area contributed by atoms with Crippen LogP contribution in [0.5, 0.6) is 11.5 Å². The summed E-state index contributed by atoms with van der Waals surface area (Å²) in [6.45, 7) is 2.90. The molecule has 128 valence electrons. The lowest BCUT2D eigenvalue weighted by atomic mass is 10.1. The smallest absolute Gasteiger partial charge is 0.293 e. The van der Waals surface area contributed by atoms with Gasteiger partial charge in [0.15, 0.2) is 27.1 Å². The number of hydrogen-bond acceptors (Lipinski definition) is 6. The fourth-order valence-electron chi connectivity index (χ4n) is 2.49. The van der Waals surface area contributed by atoms with Gasteiger partial charge >= 0.3 is 0 Å². The first-order valence-electron chi connectivity index (χ1n) is 7.53. The largest absolute Gasteiger partial charge is 0.486 e. The van der Waals surface area contributed by atoms with E-state index in [0.717, 1.165) is 22.6 Å². The Bertz CT molecular complexity index is 950. The van der Waals surface area contributed by atoms with Gasteiger partial charge in [0.1, 0.15) is 13.2 Å². The fourth-order valence-corrected chi connectivity index (χ4v) is 3.71. The summed E-state index contributed by atoms with van der Waals surface area (Å²) in [7, 11) is 0. The highest BCUT2D eigenvalue weighted by Crippen LogP contribution is 2.35. The maximum Gasteiger partial charge on any atom is 0.293 e. The number of thiazole rings is 1. The molecule has 1 amide bonds. The van der Waals surface area contributed by atoms with Crippen LogP contribution in [-0.4, -0.2) is 24.1 Å². The second-order valence-corrected chi connectivity index (χ2v) is 7.05. The Morgan fingerprint density at radius 2 is 2.04 bits per heavy atom. The van der Waals surface area contributed by atoms with E-state index < -0.39 is 0 Å². The third-order valence-electron chi connectivity index (χ3n) is 3.66. The van der Waals surface area contributed by atoms with Gasteiger partial charge in [-0.15, -0.1) is 11.3 Å². The first-order valence-corrected chi connectivity index (χ1v) is 9.20. The number of carbonyl (C=O) groups excluding carboxylic acids is 1. The monoisotopic (exact) mass is 420 g/mol. The molecule has 1 aromatic carbocycles. The van der Waals surface area contributed by atoms with Gasteiger partial charge in [0.05, 0.1) is 5.69 Å². The van der Waals surface area contributed by atoms with Crippen LogP contribution in [0, 0.1) is 6.92 Å². The SMILES string of the molecule is Cc1cc(Br)oc1C(=O)Nc1nc(-c2ccc3c(c2)OCCO3)cs1. The van der Waals surface area contributed by atoms with Crippen LogP contribution in [0.4, 0.5) is 5.13 Å². The number of rotatable bonds is 3. The Labute approximate surface area is 155 Å². The molecule has 1 aliphatic rings. The average Bonchev–Trinajstić information content (AvgIpc) is 3.20. The lowest BCUT2D eigenvalue weighted by molar-refractivity contribution is 0.0994. The number of furan rings is 1. The van der Waals surface area contributed by atoms with Crippen molar-refractivity contribution < 1.29 is 18.7 Å². The number of aromatic nitrogens is 1. The quantitative estimate of drug-likeness (QED) is 0.674. The van der Waals surface area contributed by atoms with Gasteiger partial charge in [0.25, 0.3) is 5.91 Å². The summed E-state index contributed by atoms with van der Waals surface area (Å²) in [6, 6.07) is 7.42. The van der Waals surface area contributed by atoms with Crippen molar-refractivity contribution in [3.8, 4) is 22.8 Å². The summed E-state index contributed by atoms with van der Waals surface area (Å²) in [6.07, 6.45) is 0. The number of aryl methyl sites for hydroxylation is 1. The second kappa shape index (κ2) is 6.53. The van der Waals surface area contributed by atoms with Crippen molar-refractivity contribution in [2.45, 2.75) is 6.92 Å². The third kappa shape index (κ3) is 3.27.